The van der Waals surface area contributed by atoms with Gasteiger partial charge in [0.15, 0.2) is 23.0 Å². The van der Waals surface area contributed by atoms with Gasteiger partial charge in [-0.15, -0.1) is 0 Å². The molecule has 3 saturated carbocycles. The molecule has 3 fully saturated rings. The highest BCUT2D eigenvalue weighted by molar-refractivity contribution is 5.94. The second-order valence-electron chi connectivity index (χ2n) is 25.5. The Labute approximate surface area is 506 Å². The first-order valence-corrected chi connectivity index (χ1v) is 30.9. The molecule has 11 N–H and O–H groups in total. The monoisotopic (exact) mass is 1180 g/mol. The van der Waals surface area contributed by atoms with Crippen LogP contribution >= 0.6 is 0 Å². The van der Waals surface area contributed by atoms with E-state index in [2.05, 4.69) is 49.9 Å². The number of hydrogen-bond donors (Lipinski definition) is 11. The average molecular weight is 1190 g/mol. The Morgan fingerprint density at radius 1 is 0.885 bits per heavy atom. The molecule has 12 rings (SSSR count). The van der Waals surface area contributed by atoms with Crippen molar-refractivity contribution < 1.29 is 64.7 Å². The number of carbonyl (C=O) groups is 2. The molecule has 0 saturated heterocycles. The van der Waals surface area contributed by atoms with Crippen molar-refractivity contribution in [2.75, 3.05) is 33.5 Å². The van der Waals surface area contributed by atoms with Crippen molar-refractivity contribution in [2.45, 2.75) is 133 Å². The third-order valence-electron chi connectivity index (χ3n) is 20.1. The molecule has 12 atom stereocenters. The van der Waals surface area contributed by atoms with Crippen molar-refractivity contribution in [1.82, 2.24) is 19.9 Å². The summed E-state index contributed by atoms with van der Waals surface area (Å²) in [5.41, 5.74) is 8.03. The first-order valence-electron chi connectivity index (χ1n) is 30.9. The van der Waals surface area contributed by atoms with Gasteiger partial charge in [-0.1, -0.05) is 54.3 Å². The number of aromatic hydroxyl groups is 3. The van der Waals surface area contributed by atoms with Gasteiger partial charge in [0.05, 0.1) is 54.4 Å². The van der Waals surface area contributed by atoms with E-state index < -0.39 is 47.3 Å². The van der Waals surface area contributed by atoms with E-state index in [0.717, 1.165) is 67.6 Å². The van der Waals surface area contributed by atoms with Crippen LogP contribution in [-0.2, 0) is 33.7 Å². The second kappa shape index (κ2) is 24.9. The van der Waals surface area contributed by atoms with Gasteiger partial charge >= 0.3 is 5.97 Å². The van der Waals surface area contributed by atoms with Crippen LogP contribution < -0.4 is 14.8 Å². The largest absolute Gasteiger partial charge is 0.508 e. The van der Waals surface area contributed by atoms with Gasteiger partial charge in [0.2, 0.25) is 0 Å². The number of H-pyrrole nitrogens is 2. The van der Waals surface area contributed by atoms with Gasteiger partial charge in [0.25, 0.3) is 0 Å². The number of nitrogens with zero attached hydrogens (tertiary/aromatic N) is 1. The molecule has 7 aromatic rings. The average Bonchev–Trinajstić information content (AvgIpc) is 1.60. The number of aromatic amines is 2. The molecule has 17 heteroatoms. The van der Waals surface area contributed by atoms with Crippen molar-refractivity contribution in [3.8, 4) is 51.8 Å². The molecular weight excluding hydrogens is 1100 g/mol. The number of phenols is 3. The van der Waals surface area contributed by atoms with Crippen molar-refractivity contribution >= 4 is 39.3 Å². The van der Waals surface area contributed by atoms with E-state index in [1.807, 2.05) is 48.7 Å². The Morgan fingerprint density at radius 2 is 1.72 bits per heavy atom. The summed E-state index contributed by atoms with van der Waals surface area (Å²) in [6.07, 6.45) is 4.86. The summed E-state index contributed by atoms with van der Waals surface area (Å²) in [6, 6.07) is 27.7. The maximum atomic E-state index is 15.6. The quantitative estimate of drug-likeness (QED) is 0.0319. The van der Waals surface area contributed by atoms with Gasteiger partial charge in [0, 0.05) is 79.2 Å². The number of hydrogen-bond acceptors (Lipinski definition) is 14. The zero-order chi connectivity index (χ0) is 60.7. The smallest absolute Gasteiger partial charge is 0.318 e. The molecule has 1 spiro atoms. The molecule has 4 heterocycles. The Morgan fingerprint density at radius 3 is 2.53 bits per heavy atom. The van der Waals surface area contributed by atoms with E-state index in [-0.39, 0.29) is 116 Å². The Balaban J connectivity index is 1.03. The molecule has 0 unspecified atom stereocenters. The Hall–Kier alpha value is -7.56. The lowest BCUT2D eigenvalue weighted by Gasteiger charge is -2.57. The van der Waals surface area contributed by atoms with Crippen LogP contribution in [0.5, 0.6) is 28.7 Å². The van der Waals surface area contributed by atoms with Crippen molar-refractivity contribution in [2.24, 2.45) is 35.0 Å². The van der Waals surface area contributed by atoms with E-state index in [1.165, 1.54) is 13.2 Å². The first kappa shape index (κ1) is 59.8. The summed E-state index contributed by atoms with van der Waals surface area (Å²) in [5.74, 6) is 4.51. The number of methoxy groups -OCH3 is 1. The van der Waals surface area contributed by atoms with Crippen LogP contribution in [0.1, 0.15) is 111 Å². The van der Waals surface area contributed by atoms with Crippen LogP contribution in [0.3, 0.4) is 0 Å². The number of nitrogens with one attached hydrogen (secondary N) is 3. The zero-order valence-electron chi connectivity index (χ0n) is 49.4. The number of ether oxygens (including phenoxy) is 3. The zero-order valence-corrected chi connectivity index (χ0v) is 49.4. The lowest BCUT2D eigenvalue weighted by Crippen LogP contribution is -2.56. The van der Waals surface area contributed by atoms with Crippen molar-refractivity contribution in [3.63, 3.8) is 0 Å². The second-order valence-corrected chi connectivity index (χ2v) is 25.5. The lowest BCUT2D eigenvalue weighted by atomic mass is 9.47. The highest BCUT2D eigenvalue weighted by Crippen LogP contribution is 2.69. The molecule has 4 aromatic carbocycles. The molecule has 17 nitrogen and oxygen atoms in total. The normalized spacial score (nSPS) is 27.1. The highest BCUT2D eigenvalue weighted by Gasteiger charge is 2.64. The topological polar surface area (TPSA) is 272 Å². The molecule has 458 valence electrons. The maximum Gasteiger partial charge on any atom is 0.318 e. The number of allylic oxidation sites excluding steroid dienone is 1. The third-order valence-corrected chi connectivity index (χ3v) is 20.1. The van der Waals surface area contributed by atoms with Gasteiger partial charge in [0.1, 0.15) is 30.7 Å². The number of β-amino-alcohol motifs (C(OH)–C–C–N with tert-alkyl or cyclic N) is 1. The number of para-hydroxylation sites is 1. The fourth-order valence-corrected chi connectivity index (χ4v) is 16.6. The minimum Gasteiger partial charge on any atom is -0.508 e. The number of aliphatic hydroxyl groups is 5. The molecule has 3 aromatic heterocycles. The molecular formula is C70H80N4O13. The summed E-state index contributed by atoms with van der Waals surface area (Å²) in [4.78, 5) is 36.7. The van der Waals surface area contributed by atoms with Gasteiger partial charge in [-0.2, -0.15) is 0 Å². The molecule has 1 aliphatic heterocycles. The van der Waals surface area contributed by atoms with E-state index in [9.17, 15) is 45.6 Å². The number of fused-ring (bicyclic) bond motifs is 10. The van der Waals surface area contributed by atoms with Gasteiger partial charge in [-0.05, 0) is 176 Å². The number of ketones is 1. The summed E-state index contributed by atoms with van der Waals surface area (Å²) < 4.78 is 19.9. The number of benzene rings is 4. The first-order chi connectivity index (χ1) is 42.1. The maximum absolute atomic E-state index is 15.6. The molecule has 87 heavy (non-hydrogen) atoms. The SMILES string of the molecule is COc1cc2c(cc1O)C1=C[C@H]3C[C@]4(C[C@@H](CCCO)[C@@](Cn5c(-c6cccc(O)c6)cc6[nH]ccc65)(NC[C@H](C)O)C4)[C@H]4C[C@H](O)CC[C@H]4[C@@H]3[C@@H]2CC(=O)C[C@@H]([C@H](O)Cc2ccc(O)c(OCCO)c2)OC(=O)CC#CCc2c1[nH]c1ccccc21. The van der Waals surface area contributed by atoms with Crippen LogP contribution in [0.4, 0.5) is 0 Å². The minimum absolute atomic E-state index is 0.00559. The summed E-state index contributed by atoms with van der Waals surface area (Å²) in [6.45, 7) is 2.22. The molecule has 0 radical (unpaired) electrons. The predicted octanol–water partition coefficient (Wildman–Crippen LogP) is 8.95. The fraction of sp³-hybridized carbons (Fsp3) is 0.457. The van der Waals surface area contributed by atoms with E-state index in [1.54, 1.807) is 37.3 Å². The molecule has 5 aliphatic rings. The van der Waals surface area contributed by atoms with E-state index >= 15 is 4.79 Å². The third kappa shape index (κ3) is 11.8. The van der Waals surface area contributed by atoms with Crippen LogP contribution in [0.25, 0.3) is 38.8 Å². The van der Waals surface area contributed by atoms with Gasteiger partial charge in [-0.3, -0.25) is 9.59 Å². The van der Waals surface area contributed by atoms with Crippen molar-refractivity contribution in [1.29, 1.82) is 0 Å². The molecule has 4 aliphatic carbocycles. The van der Waals surface area contributed by atoms with E-state index in [0.29, 0.717) is 63.6 Å². The van der Waals surface area contributed by atoms with Crippen LogP contribution in [0.2, 0.25) is 0 Å². The molecule has 2 bridgehead atoms. The standard InChI is InChI=1S/C70H80N4O13/c1-40(77)37-72-70(39-74-58-20-21-71-57(58)34-59(74)42-9-7-11-45(78)27-42)38-69(36-44(70)10-8-22-75)35-43-28-54-51-32-62(83)63(85-2)33-52(51)53(67(43)50-18-17-46(79)30-55(50)69)29-47(80)31-65(61(82)25-41-16-19-60(81)64(26-41)86-24-23-76)87-66(84)15-6-4-13-49-48-12-3-5-14-56(48)73-68(49)54/h3,5,7,9,11-12,14,16,19-21,26-28,32-34,40,43-44,46,50,53,55,61,65,67,71-73,75-79,81-83H,8,10,13,15,17-18,22-25,29-31,35-39H2,1-2H3/t40-,43-,44+,46+,50+,53+,55-,61+,65-,67+,69+,70+/m0/s1. The highest BCUT2D eigenvalue weighted by atomic mass is 16.6. The lowest BCUT2D eigenvalue weighted by molar-refractivity contribution is -0.155. The number of cyclic esters (lactones) is 1. The summed E-state index contributed by atoms with van der Waals surface area (Å²) >= 11 is 0. The number of carbonyl (C=O) groups excluding carboxylic acids is 2. The number of esters is 1. The van der Waals surface area contributed by atoms with Gasteiger partial charge < -0.3 is 74.9 Å². The number of aromatic nitrogens is 3. The number of rotatable bonds is 16. The minimum atomic E-state index is -1.38. The predicted molar refractivity (Wildman–Crippen MR) is 329 cm³/mol. The van der Waals surface area contributed by atoms with Crippen molar-refractivity contribution in [3.05, 3.63) is 131 Å². The fourth-order valence-electron chi connectivity index (χ4n) is 16.6. The summed E-state index contributed by atoms with van der Waals surface area (Å²) in [7, 11) is 1.51. The van der Waals surface area contributed by atoms with Crippen LogP contribution in [-0.4, -0.2) is 131 Å². The van der Waals surface area contributed by atoms with E-state index in [4.69, 9.17) is 14.2 Å². The van der Waals surface area contributed by atoms with Crippen LogP contribution in [0.15, 0.2) is 103 Å². The number of phenolic OH excluding ortho intramolecular Hbond substituents is 3. The number of Topliss-reactive ketones (excluding diaryl/α,β-unsaturated/α-hetero) is 1. The Bertz CT molecular complexity index is 3770. The molecule has 0 amide bonds. The Kier molecular flexibility index (Phi) is 17.1. The van der Waals surface area contributed by atoms with Gasteiger partial charge in [-0.25, -0.2) is 0 Å². The summed E-state index contributed by atoms with van der Waals surface area (Å²) in [5, 5.41) is 94.0. The van der Waals surface area contributed by atoms with Crippen LogP contribution in [0, 0.1) is 46.8 Å². The number of aliphatic hydroxyl groups excluding tert-OH is 5.